The van der Waals surface area contributed by atoms with Crippen LogP contribution in [0.4, 0.5) is 14.5 Å². The van der Waals surface area contributed by atoms with Crippen molar-refractivity contribution in [2.75, 3.05) is 17.6 Å². The number of thioether (sulfide) groups is 1. The molecule has 0 fully saturated rings. The van der Waals surface area contributed by atoms with Gasteiger partial charge < -0.3 is 5.32 Å². The van der Waals surface area contributed by atoms with E-state index in [1.54, 1.807) is 0 Å². The standard InChI is InChI=1S/C12H14F2N2S/c1-12(2)6-15-11(17-7-12)16-10-5-8(13)3-4-9(10)14/h3-5H,6-7H2,1-2H3,(H,15,16). The predicted molar refractivity (Wildman–Crippen MR) is 68.5 cm³/mol. The lowest BCUT2D eigenvalue weighted by Crippen LogP contribution is -2.27. The Morgan fingerprint density at radius 3 is 2.76 bits per heavy atom. The highest BCUT2D eigenvalue weighted by Crippen LogP contribution is 2.28. The number of rotatable bonds is 1. The number of hydrogen-bond donors (Lipinski definition) is 1. The largest absolute Gasteiger partial charge is 0.333 e. The Morgan fingerprint density at radius 2 is 2.12 bits per heavy atom. The van der Waals surface area contributed by atoms with Gasteiger partial charge in [0.15, 0.2) is 5.17 Å². The van der Waals surface area contributed by atoms with E-state index in [2.05, 4.69) is 24.2 Å². The third-order valence-electron chi connectivity index (χ3n) is 2.42. The van der Waals surface area contributed by atoms with Crippen molar-refractivity contribution in [2.45, 2.75) is 13.8 Å². The van der Waals surface area contributed by atoms with Crippen LogP contribution in [0, 0.1) is 17.0 Å². The minimum absolute atomic E-state index is 0.135. The lowest BCUT2D eigenvalue weighted by molar-refractivity contribution is 0.438. The van der Waals surface area contributed by atoms with Gasteiger partial charge in [-0.2, -0.15) is 0 Å². The van der Waals surface area contributed by atoms with Crippen LogP contribution in [-0.2, 0) is 0 Å². The van der Waals surface area contributed by atoms with Crippen molar-refractivity contribution in [2.24, 2.45) is 10.4 Å². The molecule has 92 valence electrons. The second-order valence-corrected chi connectivity index (χ2v) is 5.79. The maximum absolute atomic E-state index is 13.4. The van der Waals surface area contributed by atoms with E-state index >= 15 is 0 Å². The normalized spacial score (nSPS) is 18.7. The van der Waals surface area contributed by atoms with Crippen LogP contribution in [0.3, 0.4) is 0 Å². The fourth-order valence-electron chi connectivity index (χ4n) is 1.42. The third-order valence-corrected chi connectivity index (χ3v) is 3.85. The van der Waals surface area contributed by atoms with E-state index in [9.17, 15) is 8.78 Å². The third kappa shape index (κ3) is 3.19. The first-order valence-corrected chi connectivity index (χ1v) is 6.34. The predicted octanol–water partition coefficient (Wildman–Crippen LogP) is 3.51. The van der Waals surface area contributed by atoms with Crippen LogP contribution in [0.25, 0.3) is 0 Å². The summed E-state index contributed by atoms with van der Waals surface area (Å²) in [6.07, 6.45) is 0. The van der Waals surface area contributed by atoms with Gasteiger partial charge >= 0.3 is 0 Å². The molecule has 0 spiro atoms. The van der Waals surface area contributed by atoms with Crippen LogP contribution < -0.4 is 5.32 Å². The van der Waals surface area contributed by atoms with Crippen LogP contribution in [0.15, 0.2) is 23.2 Å². The van der Waals surface area contributed by atoms with Gasteiger partial charge in [0.25, 0.3) is 0 Å². The van der Waals surface area contributed by atoms with Gasteiger partial charge in [0.05, 0.1) is 5.69 Å². The van der Waals surface area contributed by atoms with Crippen molar-refractivity contribution >= 4 is 22.6 Å². The summed E-state index contributed by atoms with van der Waals surface area (Å²) in [6.45, 7) is 4.95. The molecule has 0 unspecified atom stereocenters. The fraction of sp³-hybridized carbons (Fsp3) is 0.417. The molecular weight excluding hydrogens is 242 g/mol. The van der Waals surface area contributed by atoms with Crippen molar-refractivity contribution < 1.29 is 8.78 Å². The Balaban J connectivity index is 2.12. The maximum atomic E-state index is 13.4. The maximum Gasteiger partial charge on any atom is 0.161 e. The number of benzene rings is 1. The first-order valence-electron chi connectivity index (χ1n) is 5.36. The molecule has 0 aromatic heterocycles. The van der Waals surface area contributed by atoms with E-state index in [1.165, 1.54) is 11.8 Å². The van der Waals surface area contributed by atoms with E-state index < -0.39 is 11.6 Å². The van der Waals surface area contributed by atoms with E-state index in [0.29, 0.717) is 11.7 Å². The number of halogens is 2. The average Bonchev–Trinajstić information content (AvgIpc) is 2.26. The lowest BCUT2D eigenvalue weighted by atomic mass is 9.97. The summed E-state index contributed by atoms with van der Waals surface area (Å²) in [5.41, 5.74) is 0.298. The smallest absolute Gasteiger partial charge is 0.161 e. The number of nitrogens with one attached hydrogen (secondary N) is 1. The number of nitrogens with zero attached hydrogens (tertiary/aromatic N) is 1. The second kappa shape index (κ2) is 4.64. The van der Waals surface area contributed by atoms with Crippen LogP contribution >= 0.6 is 11.8 Å². The van der Waals surface area contributed by atoms with E-state index in [-0.39, 0.29) is 11.1 Å². The summed E-state index contributed by atoms with van der Waals surface area (Å²) >= 11 is 1.53. The fourth-order valence-corrected chi connectivity index (χ4v) is 2.38. The van der Waals surface area contributed by atoms with Crippen molar-refractivity contribution in [1.82, 2.24) is 0 Å². The monoisotopic (exact) mass is 256 g/mol. The molecule has 2 nitrogen and oxygen atoms in total. The second-order valence-electron chi connectivity index (χ2n) is 4.82. The molecule has 1 aromatic rings. The Morgan fingerprint density at radius 1 is 1.35 bits per heavy atom. The van der Waals surface area contributed by atoms with Gasteiger partial charge in [-0.3, -0.25) is 4.99 Å². The minimum Gasteiger partial charge on any atom is -0.333 e. The first-order chi connectivity index (χ1) is 7.96. The molecule has 2 rings (SSSR count). The van der Waals surface area contributed by atoms with Crippen LogP contribution in [0.1, 0.15) is 13.8 Å². The number of hydrogen-bond acceptors (Lipinski definition) is 3. The molecule has 0 saturated carbocycles. The van der Waals surface area contributed by atoms with Crippen LogP contribution in [0.2, 0.25) is 0 Å². The zero-order valence-electron chi connectivity index (χ0n) is 9.76. The molecule has 1 aliphatic heterocycles. The summed E-state index contributed by atoms with van der Waals surface area (Å²) in [5, 5.41) is 3.47. The van der Waals surface area contributed by atoms with Crippen molar-refractivity contribution in [3.63, 3.8) is 0 Å². The van der Waals surface area contributed by atoms with E-state index in [0.717, 1.165) is 24.0 Å². The highest BCUT2D eigenvalue weighted by molar-refractivity contribution is 8.14. The van der Waals surface area contributed by atoms with Crippen molar-refractivity contribution in [3.8, 4) is 0 Å². The lowest BCUT2D eigenvalue weighted by Gasteiger charge is -2.27. The van der Waals surface area contributed by atoms with Crippen LogP contribution in [0.5, 0.6) is 0 Å². The highest BCUT2D eigenvalue weighted by Gasteiger charge is 2.23. The molecule has 1 aromatic carbocycles. The molecule has 0 bridgehead atoms. The molecular formula is C12H14F2N2S. The SMILES string of the molecule is CC1(C)CN=C(Nc2cc(F)ccc2F)SC1. The minimum atomic E-state index is -0.473. The van der Waals surface area contributed by atoms with Crippen LogP contribution in [-0.4, -0.2) is 17.5 Å². The number of aliphatic imine (C=N–C) groups is 1. The molecule has 17 heavy (non-hydrogen) atoms. The van der Waals surface area contributed by atoms with Gasteiger partial charge in [0, 0.05) is 18.4 Å². The van der Waals surface area contributed by atoms with Gasteiger partial charge in [0.1, 0.15) is 11.6 Å². The topological polar surface area (TPSA) is 24.4 Å². The van der Waals surface area contributed by atoms with Gasteiger partial charge in [-0.15, -0.1) is 0 Å². The van der Waals surface area contributed by atoms with Gasteiger partial charge in [-0.05, 0) is 17.5 Å². The molecule has 0 amide bonds. The average molecular weight is 256 g/mol. The van der Waals surface area contributed by atoms with E-state index in [4.69, 9.17) is 0 Å². The Kier molecular flexibility index (Phi) is 3.38. The summed E-state index contributed by atoms with van der Waals surface area (Å²) in [4.78, 5) is 4.33. The summed E-state index contributed by atoms with van der Waals surface area (Å²) in [5.74, 6) is -0.0226. The zero-order chi connectivity index (χ0) is 12.5. The molecule has 0 aliphatic carbocycles. The molecule has 1 heterocycles. The van der Waals surface area contributed by atoms with Gasteiger partial charge in [-0.1, -0.05) is 25.6 Å². The molecule has 5 heteroatoms. The summed E-state index contributed by atoms with van der Waals surface area (Å²) < 4.78 is 26.4. The molecule has 1 aliphatic rings. The Hall–Kier alpha value is -1.10. The van der Waals surface area contributed by atoms with Crippen molar-refractivity contribution in [3.05, 3.63) is 29.8 Å². The highest BCUT2D eigenvalue weighted by atomic mass is 32.2. The van der Waals surface area contributed by atoms with Crippen molar-refractivity contribution in [1.29, 1.82) is 0 Å². The molecule has 0 saturated heterocycles. The quantitative estimate of drug-likeness (QED) is 0.831. The molecule has 1 N–H and O–H groups in total. The summed E-state index contributed by atoms with van der Waals surface area (Å²) in [7, 11) is 0. The Bertz CT molecular complexity index is 458. The Labute approximate surface area is 104 Å². The first kappa shape index (κ1) is 12.4. The zero-order valence-corrected chi connectivity index (χ0v) is 10.6. The van der Waals surface area contributed by atoms with Gasteiger partial charge in [-0.25, -0.2) is 8.78 Å². The van der Waals surface area contributed by atoms with E-state index in [1.807, 2.05) is 0 Å². The molecule has 0 radical (unpaired) electrons. The summed E-state index contributed by atoms with van der Waals surface area (Å²) in [6, 6.07) is 3.34. The molecule has 0 atom stereocenters. The number of amidine groups is 1. The number of anilines is 1. The van der Waals surface area contributed by atoms with Gasteiger partial charge in [0.2, 0.25) is 0 Å².